The van der Waals surface area contributed by atoms with Gasteiger partial charge >= 0.3 is 0 Å². The first kappa shape index (κ1) is 29.4. The van der Waals surface area contributed by atoms with E-state index in [0.29, 0.717) is 24.0 Å². The molecule has 1 heterocycles. The van der Waals surface area contributed by atoms with Gasteiger partial charge in [-0.15, -0.1) is 0 Å². The highest BCUT2D eigenvalue weighted by atomic mass is 16.6. The van der Waals surface area contributed by atoms with Crippen molar-refractivity contribution in [1.29, 1.82) is 0 Å². The molecule has 2 atom stereocenters. The molecule has 5 heteroatoms. The Morgan fingerprint density at radius 3 is 1.66 bits per heavy atom. The molecule has 0 bridgehead atoms. The first-order chi connectivity index (χ1) is 15.3. The number of hydrogen-bond donors (Lipinski definition) is 1. The second-order valence-electron chi connectivity index (χ2n) is 10.9. The first-order valence-electron chi connectivity index (χ1n) is 13.7. The molecule has 0 saturated carbocycles. The van der Waals surface area contributed by atoms with Gasteiger partial charge in [-0.3, -0.25) is 0 Å². The van der Waals surface area contributed by atoms with Crippen LogP contribution in [0.2, 0.25) is 0 Å². The number of aliphatic hydroxyl groups is 1. The second kappa shape index (κ2) is 16.9. The van der Waals surface area contributed by atoms with E-state index in [9.17, 15) is 15.0 Å². The summed E-state index contributed by atoms with van der Waals surface area (Å²) in [5, 5.41) is 21.8. The van der Waals surface area contributed by atoms with Crippen LogP contribution in [-0.2, 0) is 9.53 Å². The van der Waals surface area contributed by atoms with Crippen LogP contribution in [0.1, 0.15) is 129 Å². The van der Waals surface area contributed by atoms with Gasteiger partial charge in [0.15, 0.2) is 0 Å². The van der Waals surface area contributed by atoms with E-state index >= 15 is 0 Å². The van der Waals surface area contributed by atoms with Gasteiger partial charge < -0.3 is 24.2 Å². The second-order valence-corrected chi connectivity index (χ2v) is 10.9. The monoisotopic (exact) mass is 455 g/mol. The van der Waals surface area contributed by atoms with E-state index in [1.807, 2.05) is 14.1 Å². The van der Waals surface area contributed by atoms with Gasteiger partial charge in [-0.2, -0.15) is 0 Å². The van der Waals surface area contributed by atoms with Crippen molar-refractivity contribution < 1.29 is 24.2 Å². The topological polar surface area (TPSA) is 69.6 Å². The molecule has 32 heavy (non-hydrogen) atoms. The quantitative estimate of drug-likeness (QED) is 0.199. The minimum atomic E-state index is -1.21. The number of quaternary nitrogens is 1. The predicted molar refractivity (Wildman–Crippen MR) is 130 cm³/mol. The van der Waals surface area contributed by atoms with Crippen LogP contribution in [0.4, 0.5) is 0 Å². The standard InChI is InChI=1S/C27H53NO4/c1-4-5-6-7-8-9-10-11-12-13-14-15-16-17-18-19-20-21-27(31)24-28(2,3)23-25(32-27)22-26(29)30/h25,31H,4-24H2,1-3H3/t25-,27+/m1/s1. The summed E-state index contributed by atoms with van der Waals surface area (Å²) >= 11 is 0. The number of carboxylic acid groups (broad SMARTS) is 1. The van der Waals surface area contributed by atoms with Gasteiger partial charge in [0.25, 0.3) is 0 Å². The predicted octanol–water partition coefficient (Wildman–Crippen LogP) is 5.33. The molecule has 0 aromatic carbocycles. The fourth-order valence-corrected chi connectivity index (χ4v) is 5.23. The highest BCUT2D eigenvalue weighted by Crippen LogP contribution is 2.29. The Hall–Kier alpha value is -0.650. The van der Waals surface area contributed by atoms with Crippen molar-refractivity contribution in [2.75, 3.05) is 27.2 Å². The van der Waals surface area contributed by atoms with Gasteiger partial charge in [0.05, 0.1) is 14.1 Å². The van der Waals surface area contributed by atoms with Gasteiger partial charge in [-0.05, 0) is 6.42 Å². The van der Waals surface area contributed by atoms with Gasteiger partial charge in [0.1, 0.15) is 19.2 Å². The minimum Gasteiger partial charge on any atom is -0.550 e. The molecule has 0 amide bonds. The molecule has 0 aliphatic carbocycles. The van der Waals surface area contributed by atoms with E-state index < -0.39 is 17.9 Å². The van der Waals surface area contributed by atoms with Crippen molar-refractivity contribution in [1.82, 2.24) is 0 Å². The lowest BCUT2D eigenvalue weighted by Gasteiger charge is -2.46. The molecule has 1 rings (SSSR count). The van der Waals surface area contributed by atoms with Crippen LogP contribution in [0.5, 0.6) is 0 Å². The average Bonchev–Trinajstić information content (AvgIpc) is 2.68. The van der Waals surface area contributed by atoms with E-state index in [2.05, 4.69) is 6.92 Å². The van der Waals surface area contributed by atoms with Crippen molar-refractivity contribution in [2.24, 2.45) is 0 Å². The van der Waals surface area contributed by atoms with Crippen LogP contribution in [0.15, 0.2) is 0 Å². The summed E-state index contributed by atoms with van der Waals surface area (Å²) in [7, 11) is 4.04. The molecule has 1 aliphatic rings. The summed E-state index contributed by atoms with van der Waals surface area (Å²) < 4.78 is 6.35. The van der Waals surface area contributed by atoms with Gasteiger partial charge in [0, 0.05) is 18.8 Å². The van der Waals surface area contributed by atoms with Crippen molar-refractivity contribution in [2.45, 2.75) is 141 Å². The van der Waals surface area contributed by atoms with Crippen LogP contribution < -0.4 is 5.11 Å². The van der Waals surface area contributed by atoms with Crippen LogP contribution in [0.25, 0.3) is 0 Å². The van der Waals surface area contributed by atoms with Crippen LogP contribution in [0.3, 0.4) is 0 Å². The smallest absolute Gasteiger partial charge is 0.216 e. The normalized spacial score (nSPS) is 22.8. The third-order valence-electron chi connectivity index (χ3n) is 6.82. The molecular weight excluding hydrogens is 402 g/mol. The number of ether oxygens (including phenoxy) is 1. The lowest BCUT2D eigenvalue weighted by molar-refractivity contribution is -0.915. The summed E-state index contributed by atoms with van der Waals surface area (Å²) in [6.07, 6.45) is 22.6. The molecule has 1 fully saturated rings. The van der Waals surface area contributed by atoms with E-state index in [4.69, 9.17) is 4.74 Å². The maximum Gasteiger partial charge on any atom is 0.216 e. The van der Waals surface area contributed by atoms with Gasteiger partial charge in [0.2, 0.25) is 5.79 Å². The minimum absolute atomic E-state index is 0.150. The molecule has 1 N–H and O–H groups in total. The summed E-state index contributed by atoms with van der Waals surface area (Å²) in [5.74, 6) is -2.32. The van der Waals surface area contributed by atoms with E-state index in [0.717, 1.165) is 12.8 Å². The van der Waals surface area contributed by atoms with E-state index in [1.54, 1.807) is 0 Å². The Kier molecular flexibility index (Phi) is 15.5. The Labute approximate surface area is 198 Å². The average molecular weight is 456 g/mol. The zero-order valence-electron chi connectivity index (χ0n) is 21.5. The van der Waals surface area contributed by atoms with E-state index in [-0.39, 0.29) is 6.42 Å². The number of carbonyl (C=O) groups is 1. The molecule has 190 valence electrons. The molecule has 5 nitrogen and oxygen atoms in total. The summed E-state index contributed by atoms with van der Waals surface area (Å²) in [5.41, 5.74) is 0. The number of carboxylic acids is 1. The van der Waals surface area contributed by atoms with Gasteiger partial charge in [-0.1, -0.05) is 110 Å². The number of carbonyl (C=O) groups excluding carboxylic acids is 1. The van der Waals surface area contributed by atoms with Crippen molar-refractivity contribution >= 4 is 5.97 Å². The Bertz CT molecular complexity index is 482. The zero-order valence-corrected chi connectivity index (χ0v) is 21.5. The number of nitrogens with zero attached hydrogens (tertiary/aromatic N) is 1. The van der Waals surface area contributed by atoms with Crippen molar-refractivity contribution in [3.8, 4) is 0 Å². The zero-order chi connectivity index (χ0) is 23.7. The fourth-order valence-electron chi connectivity index (χ4n) is 5.23. The number of hydrogen-bond acceptors (Lipinski definition) is 4. The SMILES string of the molecule is CCCCCCCCCCCCCCCCCCC[C@@]1(O)C[N+](C)(C)C[C@@H](CC(=O)[O-])O1. The Morgan fingerprint density at radius 1 is 0.844 bits per heavy atom. The maximum atomic E-state index is 10.9. The van der Waals surface area contributed by atoms with Crippen molar-refractivity contribution in [3.63, 3.8) is 0 Å². The van der Waals surface area contributed by atoms with Crippen molar-refractivity contribution in [3.05, 3.63) is 0 Å². The molecule has 0 aromatic rings. The number of rotatable bonds is 20. The van der Waals surface area contributed by atoms with Crippen LogP contribution in [-0.4, -0.2) is 54.6 Å². The maximum absolute atomic E-state index is 10.9. The number of morpholine rings is 1. The van der Waals surface area contributed by atoms with Gasteiger partial charge in [-0.25, -0.2) is 0 Å². The fraction of sp³-hybridized carbons (Fsp3) is 0.963. The lowest BCUT2D eigenvalue weighted by atomic mass is 10.0. The first-order valence-corrected chi connectivity index (χ1v) is 13.7. The molecule has 1 saturated heterocycles. The largest absolute Gasteiger partial charge is 0.550 e. The Morgan fingerprint density at radius 2 is 1.25 bits per heavy atom. The molecule has 0 unspecified atom stereocenters. The number of unbranched alkanes of at least 4 members (excludes halogenated alkanes) is 16. The summed E-state index contributed by atoms with van der Waals surface area (Å²) in [6.45, 7) is 3.38. The lowest BCUT2D eigenvalue weighted by Crippen LogP contribution is -2.63. The highest BCUT2D eigenvalue weighted by molar-refractivity contribution is 5.64. The molecule has 0 spiro atoms. The Balaban J connectivity index is 1.95. The number of likely N-dealkylation sites (N-methyl/N-ethyl adjacent to an activating group) is 1. The van der Waals surface area contributed by atoms with Crippen LogP contribution in [0, 0.1) is 0 Å². The van der Waals surface area contributed by atoms with E-state index in [1.165, 1.54) is 96.3 Å². The molecule has 0 aromatic heterocycles. The number of aliphatic carboxylic acids is 1. The molecule has 1 aliphatic heterocycles. The third-order valence-corrected chi connectivity index (χ3v) is 6.82. The van der Waals surface area contributed by atoms with Crippen LogP contribution >= 0.6 is 0 Å². The molecular formula is C27H53NO4. The third kappa shape index (κ3) is 15.2. The molecule has 0 radical (unpaired) electrons. The highest BCUT2D eigenvalue weighted by Gasteiger charge is 2.44. The summed E-state index contributed by atoms with van der Waals surface area (Å²) in [4.78, 5) is 10.9. The summed E-state index contributed by atoms with van der Waals surface area (Å²) in [6, 6.07) is 0.